The molecule has 4 N–H and O–H groups in total. The molecule has 3 heterocycles. The molecule has 4 amide bonds. The van der Waals surface area contributed by atoms with Crippen LogP contribution in [-0.4, -0.2) is 50.5 Å². The fourth-order valence-electron chi connectivity index (χ4n) is 3.40. The van der Waals surface area contributed by atoms with E-state index in [2.05, 4.69) is 36.7 Å². The third kappa shape index (κ3) is 5.63. The van der Waals surface area contributed by atoms with Crippen LogP contribution in [0.5, 0.6) is 0 Å². The fourth-order valence-corrected chi connectivity index (χ4v) is 4.80. The van der Waals surface area contributed by atoms with E-state index < -0.39 is 11.8 Å². The molecule has 2 aliphatic rings. The molecule has 2 saturated heterocycles. The number of rotatable bonds is 5. The lowest BCUT2D eigenvalue weighted by molar-refractivity contribution is -0.117. The van der Waals surface area contributed by atoms with Gasteiger partial charge in [0.1, 0.15) is 0 Å². The summed E-state index contributed by atoms with van der Waals surface area (Å²) in [6, 6.07) is 6.65. The van der Waals surface area contributed by atoms with Gasteiger partial charge in [0.2, 0.25) is 11.8 Å². The van der Waals surface area contributed by atoms with Crippen LogP contribution in [0.1, 0.15) is 32.1 Å². The number of aromatic nitrogens is 1. The molecular weight excluding hydrogens is 514 g/mol. The van der Waals surface area contributed by atoms with Crippen LogP contribution in [0.25, 0.3) is 11.1 Å². The summed E-state index contributed by atoms with van der Waals surface area (Å²) in [5.41, 5.74) is 6.70. The Labute approximate surface area is 212 Å². The molecule has 11 nitrogen and oxygen atoms in total. The first-order valence-electron chi connectivity index (χ1n) is 10.1. The minimum Gasteiger partial charge on any atom is -0.303 e. The molecule has 0 radical (unpaired) electrons. The van der Waals surface area contributed by atoms with Gasteiger partial charge in [-0.3, -0.25) is 24.2 Å². The van der Waals surface area contributed by atoms with Gasteiger partial charge in [-0.05, 0) is 31.5 Å². The molecule has 0 atom stereocenters. The fraction of sp³-hybridized carbons (Fsp3) is 0.190. The minimum atomic E-state index is -0.617. The Morgan fingerprint density at radius 2 is 1.34 bits per heavy atom. The molecule has 0 aliphatic carbocycles. The number of hydrazone groups is 2. The van der Waals surface area contributed by atoms with E-state index in [1.807, 2.05) is 0 Å². The molecule has 35 heavy (non-hydrogen) atoms. The molecule has 0 unspecified atom stereocenters. The monoisotopic (exact) mass is 531 g/mol. The number of amides is 4. The number of nitrogens with zero attached hydrogens (tertiary/aromatic N) is 3. The van der Waals surface area contributed by atoms with Crippen LogP contribution in [0, 0.1) is 13.8 Å². The number of thioether (sulfide) groups is 2. The summed E-state index contributed by atoms with van der Waals surface area (Å²) in [5, 5.41) is 14.0. The molecule has 0 saturated carbocycles. The van der Waals surface area contributed by atoms with E-state index in [4.69, 9.17) is 11.6 Å². The Kier molecular flexibility index (Phi) is 7.38. The second-order valence-corrected chi connectivity index (χ2v) is 9.67. The van der Waals surface area contributed by atoms with Gasteiger partial charge in [-0.15, -0.1) is 10.2 Å². The zero-order valence-corrected chi connectivity index (χ0v) is 20.8. The van der Waals surface area contributed by atoms with Gasteiger partial charge in [0.25, 0.3) is 11.8 Å². The number of nitrogens with one attached hydrogen (secondary N) is 4. The highest BCUT2D eigenvalue weighted by Gasteiger charge is 2.27. The van der Waals surface area contributed by atoms with E-state index in [0.29, 0.717) is 27.5 Å². The molecule has 2 fully saturated rings. The van der Waals surface area contributed by atoms with Crippen LogP contribution in [0.15, 0.2) is 34.5 Å². The van der Waals surface area contributed by atoms with Crippen molar-refractivity contribution in [3.63, 3.8) is 0 Å². The Bertz CT molecular complexity index is 1240. The third-order valence-corrected chi connectivity index (χ3v) is 6.84. The summed E-state index contributed by atoms with van der Waals surface area (Å²) in [4.78, 5) is 53.7. The number of benzene rings is 1. The highest BCUT2D eigenvalue weighted by atomic mass is 35.5. The maximum absolute atomic E-state index is 13.2. The Balaban J connectivity index is 1.77. The van der Waals surface area contributed by atoms with Gasteiger partial charge in [-0.1, -0.05) is 47.3 Å². The number of aryl methyl sites for hydroxylation is 2. The Hall–Kier alpha value is -3.42. The van der Waals surface area contributed by atoms with Crippen molar-refractivity contribution >= 4 is 69.1 Å². The lowest BCUT2D eigenvalue weighted by atomic mass is 9.92. The molecule has 2 aromatic rings. The van der Waals surface area contributed by atoms with E-state index in [-0.39, 0.29) is 44.8 Å². The lowest BCUT2D eigenvalue weighted by Crippen LogP contribution is -2.29. The third-order valence-electron chi connectivity index (χ3n) is 4.84. The second-order valence-electron chi connectivity index (χ2n) is 7.30. The van der Waals surface area contributed by atoms with Gasteiger partial charge in [-0.2, -0.15) is 0 Å². The van der Waals surface area contributed by atoms with Crippen molar-refractivity contribution in [2.45, 2.75) is 13.8 Å². The number of carbonyl (C=O) groups excluding carboxylic acids is 4. The summed E-state index contributed by atoms with van der Waals surface area (Å²) in [7, 11) is 0. The van der Waals surface area contributed by atoms with Crippen molar-refractivity contribution in [3.05, 3.63) is 51.8 Å². The molecule has 4 rings (SSSR count). The van der Waals surface area contributed by atoms with E-state index in [1.54, 1.807) is 38.1 Å². The maximum atomic E-state index is 13.2. The topological polar surface area (TPSA) is 154 Å². The molecule has 0 bridgehead atoms. The summed E-state index contributed by atoms with van der Waals surface area (Å²) in [6.07, 6.45) is 0. The number of pyridine rings is 1. The van der Waals surface area contributed by atoms with Crippen molar-refractivity contribution in [1.29, 1.82) is 0 Å². The van der Waals surface area contributed by atoms with Gasteiger partial charge in [0.15, 0.2) is 10.3 Å². The van der Waals surface area contributed by atoms with Crippen LogP contribution >= 0.6 is 35.1 Å². The predicted octanol–water partition coefficient (Wildman–Crippen LogP) is 1.75. The minimum absolute atomic E-state index is 0.123. The summed E-state index contributed by atoms with van der Waals surface area (Å²) in [6.45, 7) is 3.29. The molecule has 2 aliphatic heterocycles. The van der Waals surface area contributed by atoms with Crippen molar-refractivity contribution < 1.29 is 19.2 Å². The Morgan fingerprint density at radius 3 is 1.74 bits per heavy atom. The first-order chi connectivity index (χ1) is 16.7. The van der Waals surface area contributed by atoms with E-state index in [0.717, 1.165) is 23.5 Å². The summed E-state index contributed by atoms with van der Waals surface area (Å²) >= 11 is 8.37. The van der Waals surface area contributed by atoms with Gasteiger partial charge in [0, 0.05) is 10.6 Å². The summed E-state index contributed by atoms with van der Waals surface area (Å²) in [5.74, 6) is -1.24. The van der Waals surface area contributed by atoms with Crippen LogP contribution in [0.3, 0.4) is 0 Å². The second kappa shape index (κ2) is 10.5. The largest absolute Gasteiger partial charge is 0.303 e. The van der Waals surface area contributed by atoms with Crippen LogP contribution in [-0.2, 0) is 9.59 Å². The highest BCUT2D eigenvalue weighted by Crippen LogP contribution is 2.32. The quantitative estimate of drug-likeness (QED) is 0.428. The average Bonchev–Trinajstić information content (AvgIpc) is 3.43. The van der Waals surface area contributed by atoms with Gasteiger partial charge < -0.3 is 10.6 Å². The van der Waals surface area contributed by atoms with Gasteiger partial charge in [-0.25, -0.2) is 10.9 Å². The van der Waals surface area contributed by atoms with Crippen molar-refractivity contribution in [2.24, 2.45) is 10.2 Å². The number of hydrogen-bond acceptors (Lipinski definition) is 9. The van der Waals surface area contributed by atoms with Gasteiger partial charge in [0.05, 0.1) is 34.0 Å². The molecule has 180 valence electrons. The zero-order valence-electron chi connectivity index (χ0n) is 18.4. The zero-order chi connectivity index (χ0) is 25.1. The number of amidine groups is 2. The molecule has 0 spiro atoms. The van der Waals surface area contributed by atoms with E-state index >= 15 is 0 Å². The maximum Gasteiger partial charge on any atom is 0.273 e. The molecule has 14 heteroatoms. The van der Waals surface area contributed by atoms with Crippen LogP contribution < -0.4 is 21.5 Å². The Morgan fingerprint density at radius 1 is 0.886 bits per heavy atom. The van der Waals surface area contributed by atoms with Crippen molar-refractivity contribution in [2.75, 3.05) is 11.5 Å². The van der Waals surface area contributed by atoms with E-state index in [1.165, 1.54) is 0 Å². The van der Waals surface area contributed by atoms with Gasteiger partial charge >= 0.3 is 0 Å². The van der Waals surface area contributed by atoms with Crippen LogP contribution in [0.4, 0.5) is 0 Å². The summed E-state index contributed by atoms with van der Waals surface area (Å²) < 4.78 is 0. The standard InChI is InChI=1S/C21H18ClN7O4S2/c1-9-15(18(32)26-28-20-24-13(30)7-34-20)17(11-3-5-12(22)6-4-11)16(10(2)23-9)19(33)27-29-21-25-14(31)8-35-21/h3-6H,7-8H2,1-2H3,(H,26,32)(H,27,33)(H,24,28,30)(H,25,29,31). The first-order valence-corrected chi connectivity index (χ1v) is 12.5. The highest BCUT2D eigenvalue weighted by molar-refractivity contribution is 8.15. The number of carbonyl (C=O) groups is 4. The van der Waals surface area contributed by atoms with Crippen LogP contribution in [0.2, 0.25) is 5.02 Å². The normalized spacial score (nSPS) is 17.5. The first kappa shape index (κ1) is 24.7. The molecule has 1 aromatic carbocycles. The molecular formula is C21H18ClN7O4S2. The smallest absolute Gasteiger partial charge is 0.273 e. The number of halogens is 1. The van der Waals surface area contributed by atoms with Crippen molar-refractivity contribution in [3.8, 4) is 11.1 Å². The SMILES string of the molecule is Cc1nc(C)c(C(=O)N/N=C2\NC(=O)CS2)c(-c2ccc(Cl)cc2)c1C(=O)N/N=C1\NC(=O)CS1. The number of hydrogen-bond donors (Lipinski definition) is 4. The predicted molar refractivity (Wildman–Crippen MR) is 135 cm³/mol. The average molecular weight is 532 g/mol. The lowest BCUT2D eigenvalue weighted by Gasteiger charge is -2.18. The van der Waals surface area contributed by atoms with Crippen molar-refractivity contribution in [1.82, 2.24) is 26.5 Å². The van der Waals surface area contributed by atoms with E-state index in [9.17, 15) is 19.2 Å². The molecule has 1 aromatic heterocycles.